The Labute approximate surface area is 110 Å². The Morgan fingerprint density at radius 1 is 1.28 bits per heavy atom. The minimum atomic E-state index is 0.0809. The topological polar surface area (TPSA) is 73.9 Å². The fourth-order valence-electron chi connectivity index (χ4n) is 1.44. The molecule has 0 aliphatic rings. The molecule has 6 heteroatoms. The number of nitrogens with two attached hydrogens (primary N) is 1. The van der Waals surface area contributed by atoms with E-state index in [9.17, 15) is 0 Å². The van der Waals surface area contributed by atoms with Crippen molar-refractivity contribution in [3.05, 3.63) is 29.5 Å². The molecule has 0 aliphatic heterocycles. The van der Waals surface area contributed by atoms with E-state index in [-0.39, 0.29) is 11.2 Å². The van der Waals surface area contributed by atoms with Gasteiger partial charge in [-0.05, 0) is 30.2 Å². The first-order chi connectivity index (χ1) is 8.69. The van der Waals surface area contributed by atoms with Crippen LogP contribution in [0.25, 0.3) is 11.4 Å². The van der Waals surface area contributed by atoms with Crippen molar-refractivity contribution in [2.75, 3.05) is 12.3 Å². The molecule has 2 N–H and O–H groups in total. The zero-order valence-electron chi connectivity index (χ0n) is 9.93. The van der Waals surface area contributed by atoms with Crippen molar-refractivity contribution < 1.29 is 4.74 Å². The number of nitrogen functional groups attached to an aromatic ring is 1. The molecular weight excluding hydrogens is 252 g/mol. The lowest BCUT2D eigenvalue weighted by Crippen LogP contribution is -2.00. The minimum absolute atomic E-state index is 0.0809. The van der Waals surface area contributed by atoms with Gasteiger partial charge in [-0.1, -0.05) is 19.1 Å². The van der Waals surface area contributed by atoms with Gasteiger partial charge in [-0.25, -0.2) is 0 Å². The predicted octanol–water partition coefficient (Wildman–Crippen LogP) is 2.56. The second kappa shape index (κ2) is 5.64. The first-order valence-corrected chi connectivity index (χ1v) is 5.97. The monoisotopic (exact) mass is 264 g/mol. The Kier molecular flexibility index (Phi) is 3.94. The van der Waals surface area contributed by atoms with E-state index in [1.165, 1.54) is 0 Å². The van der Waals surface area contributed by atoms with Gasteiger partial charge in [-0.2, -0.15) is 15.0 Å². The molecule has 0 amide bonds. The third-order valence-electron chi connectivity index (χ3n) is 2.19. The summed E-state index contributed by atoms with van der Waals surface area (Å²) >= 11 is 5.75. The summed E-state index contributed by atoms with van der Waals surface area (Å²) in [6.45, 7) is 2.72. The number of benzene rings is 1. The van der Waals surface area contributed by atoms with Crippen molar-refractivity contribution >= 4 is 17.5 Å². The van der Waals surface area contributed by atoms with Crippen molar-refractivity contribution in [3.8, 4) is 17.1 Å². The van der Waals surface area contributed by atoms with Crippen LogP contribution in [0, 0.1) is 0 Å². The maximum absolute atomic E-state index is 5.75. The zero-order valence-corrected chi connectivity index (χ0v) is 10.7. The number of anilines is 1. The van der Waals surface area contributed by atoms with E-state index < -0.39 is 0 Å². The van der Waals surface area contributed by atoms with E-state index in [4.69, 9.17) is 22.1 Å². The van der Waals surface area contributed by atoms with Gasteiger partial charge in [0.05, 0.1) is 6.61 Å². The highest BCUT2D eigenvalue weighted by molar-refractivity contribution is 6.28. The van der Waals surface area contributed by atoms with Crippen LogP contribution in [-0.2, 0) is 0 Å². The smallest absolute Gasteiger partial charge is 0.227 e. The molecule has 0 saturated carbocycles. The van der Waals surface area contributed by atoms with Crippen LogP contribution >= 0.6 is 11.6 Å². The van der Waals surface area contributed by atoms with Crippen LogP contribution in [0.4, 0.5) is 5.95 Å². The van der Waals surface area contributed by atoms with Gasteiger partial charge in [-0.3, -0.25) is 0 Å². The molecule has 0 bridgehead atoms. The molecule has 0 spiro atoms. The molecule has 5 nitrogen and oxygen atoms in total. The molecule has 94 valence electrons. The van der Waals surface area contributed by atoms with Crippen LogP contribution in [-0.4, -0.2) is 21.6 Å². The van der Waals surface area contributed by atoms with E-state index in [0.29, 0.717) is 12.4 Å². The van der Waals surface area contributed by atoms with Crippen molar-refractivity contribution in [1.82, 2.24) is 15.0 Å². The first kappa shape index (κ1) is 12.6. The number of hydrogen-bond donors (Lipinski definition) is 1. The maximum atomic E-state index is 5.75. The molecule has 1 heterocycles. The van der Waals surface area contributed by atoms with E-state index in [0.717, 1.165) is 17.7 Å². The summed E-state index contributed by atoms with van der Waals surface area (Å²) in [4.78, 5) is 11.8. The van der Waals surface area contributed by atoms with Gasteiger partial charge in [0.1, 0.15) is 5.75 Å². The van der Waals surface area contributed by atoms with Gasteiger partial charge >= 0.3 is 0 Å². The van der Waals surface area contributed by atoms with Gasteiger partial charge in [-0.15, -0.1) is 0 Å². The lowest BCUT2D eigenvalue weighted by atomic mass is 10.2. The quantitative estimate of drug-likeness (QED) is 0.919. The molecule has 0 atom stereocenters. The highest BCUT2D eigenvalue weighted by Gasteiger charge is 2.06. The lowest BCUT2D eigenvalue weighted by molar-refractivity contribution is 0.317. The van der Waals surface area contributed by atoms with Crippen LogP contribution in [0.2, 0.25) is 5.28 Å². The first-order valence-electron chi connectivity index (χ1n) is 5.59. The summed E-state index contributed by atoms with van der Waals surface area (Å²) in [5, 5.41) is 0.0809. The van der Waals surface area contributed by atoms with Crippen LogP contribution in [0.3, 0.4) is 0 Å². The van der Waals surface area contributed by atoms with Gasteiger partial charge < -0.3 is 10.5 Å². The Morgan fingerprint density at radius 3 is 2.83 bits per heavy atom. The molecule has 1 aromatic heterocycles. The molecular formula is C12H13ClN4O. The standard InChI is InChI=1S/C12H13ClN4O/c1-2-6-18-9-5-3-4-8(7-9)10-15-11(13)17-12(14)16-10/h3-5,7H,2,6H2,1H3,(H2,14,15,16,17). The Morgan fingerprint density at radius 2 is 2.11 bits per heavy atom. The van der Waals surface area contributed by atoms with Gasteiger partial charge in [0.2, 0.25) is 11.2 Å². The lowest BCUT2D eigenvalue weighted by Gasteiger charge is -2.06. The van der Waals surface area contributed by atoms with Gasteiger partial charge in [0.25, 0.3) is 0 Å². The average molecular weight is 265 g/mol. The second-order valence-corrected chi connectivity index (χ2v) is 4.00. The molecule has 0 aliphatic carbocycles. The number of ether oxygens (including phenoxy) is 1. The van der Waals surface area contributed by atoms with Crippen LogP contribution in [0.1, 0.15) is 13.3 Å². The van der Waals surface area contributed by atoms with Gasteiger partial charge in [0, 0.05) is 5.56 Å². The zero-order chi connectivity index (χ0) is 13.0. The number of nitrogens with zero attached hydrogens (tertiary/aromatic N) is 3. The predicted molar refractivity (Wildman–Crippen MR) is 70.5 cm³/mol. The molecule has 18 heavy (non-hydrogen) atoms. The number of halogens is 1. The molecule has 2 aromatic rings. The summed E-state index contributed by atoms with van der Waals surface area (Å²) < 4.78 is 5.54. The molecule has 0 fully saturated rings. The van der Waals surface area contributed by atoms with Crippen molar-refractivity contribution in [3.63, 3.8) is 0 Å². The van der Waals surface area contributed by atoms with Crippen LogP contribution in [0.5, 0.6) is 5.75 Å². The van der Waals surface area contributed by atoms with E-state index >= 15 is 0 Å². The number of rotatable bonds is 4. The fraction of sp³-hybridized carbons (Fsp3) is 0.250. The summed E-state index contributed by atoms with van der Waals surface area (Å²) in [6, 6.07) is 7.46. The Balaban J connectivity index is 2.32. The molecule has 0 unspecified atom stereocenters. The highest BCUT2D eigenvalue weighted by atomic mass is 35.5. The summed E-state index contributed by atoms with van der Waals surface area (Å²) in [7, 11) is 0. The van der Waals surface area contributed by atoms with Crippen LogP contribution < -0.4 is 10.5 Å². The largest absolute Gasteiger partial charge is 0.494 e. The molecule has 0 radical (unpaired) electrons. The highest BCUT2D eigenvalue weighted by Crippen LogP contribution is 2.22. The third kappa shape index (κ3) is 3.07. The normalized spacial score (nSPS) is 10.3. The Hall–Kier alpha value is -1.88. The summed E-state index contributed by atoms with van der Waals surface area (Å²) in [5.74, 6) is 1.31. The SMILES string of the molecule is CCCOc1cccc(-c2nc(N)nc(Cl)n2)c1. The van der Waals surface area contributed by atoms with E-state index in [1.807, 2.05) is 24.3 Å². The van der Waals surface area contributed by atoms with Crippen molar-refractivity contribution in [1.29, 1.82) is 0 Å². The summed E-state index contributed by atoms with van der Waals surface area (Å²) in [6.07, 6.45) is 0.953. The maximum Gasteiger partial charge on any atom is 0.227 e. The Bertz CT molecular complexity index is 527. The van der Waals surface area contributed by atoms with Crippen molar-refractivity contribution in [2.45, 2.75) is 13.3 Å². The summed E-state index contributed by atoms with van der Waals surface area (Å²) in [5.41, 5.74) is 6.33. The molecule has 1 aromatic carbocycles. The van der Waals surface area contributed by atoms with E-state index in [1.54, 1.807) is 0 Å². The second-order valence-electron chi connectivity index (χ2n) is 3.66. The van der Waals surface area contributed by atoms with Crippen LogP contribution in [0.15, 0.2) is 24.3 Å². The van der Waals surface area contributed by atoms with Gasteiger partial charge in [0.15, 0.2) is 5.82 Å². The third-order valence-corrected chi connectivity index (χ3v) is 2.36. The molecule has 2 rings (SSSR count). The number of hydrogen-bond acceptors (Lipinski definition) is 5. The minimum Gasteiger partial charge on any atom is -0.494 e. The fourth-order valence-corrected chi connectivity index (χ4v) is 1.61. The molecule has 0 saturated heterocycles. The number of aromatic nitrogens is 3. The van der Waals surface area contributed by atoms with E-state index in [2.05, 4.69) is 21.9 Å². The average Bonchev–Trinajstić information content (AvgIpc) is 2.35. The van der Waals surface area contributed by atoms with Crippen molar-refractivity contribution in [2.24, 2.45) is 0 Å².